The van der Waals surface area contributed by atoms with Gasteiger partial charge in [-0.2, -0.15) is 11.3 Å². The van der Waals surface area contributed by atoms with Gasteiger partial charge < -0.3 is 24.8 Å². The predicted molar refractivity (Wildman–Crippen MR) is 129 cm³/mol. The molecule has 2 atom stereocenters. The average Bonchev–Trinajstić information content (AvgIpc) is 3.63. The minimum atomic E-state index is -1.15. The minimum Gasteiger partial charge on any atom is -0.486 e. The van der Waals surface area contributed by atoms with Crippen LogP contribution in [0.15, 0.2) is 40.4 Å². The molecule has 0 radical (unpaired) electrons. The molecule has 0 bridgehead atoms. The van der Waals surface area contributed by atoms with Crippen molar-refractivity contribution in [2.45, 2.75) is 18.5 Å². The molecule has 2 N–H and O–H groups in total. The molecular formula is C23H20N4O7S2. The van der Waals surface area contributed by atoms with Crippen LogP contribution < -0.4 is 20.1 Å². The van der Waals surface area contributed by atoms with E-state index in [2.05, 4.69) is 20.4 Å². The number of fused-ring (bicyclic) bond motifs is 1. The van der Waals surface area contributed by atoms with Crippen molar-refractivity contribution in [3.8, 4) is 11.5 Å². The Morgan fingerprint density at radius 3 is 2.78 bits per heavy atom. The molecule has 0 unspecified atom stereocenters. The van der Waals surface area contributed by atoms with Crippen molar-refractivity contribution >= 4 is 51.6 Å². The fraction of sp³-hybridized carbons (Fsp3) is 0.261. The number of imide groups is 1. The Hall–Kier alpha value is -3.97. The van der Waals surface area contributed by atoms with E-state index in [1.807, 2.05) is 16.8 Å². The van der Waals surface area contributed by atoms with E-state index in [0.717, 1.165) is 21.8 Å². The Balaban J connectivity index is 1.40. The number of thiazole rings is 1. The van der Waals surface area contributed by atoms with Crippen LogP contribution in [0.2, 0.25) is 0 Å². The monoisotopic (exact) mass is 528 g/mol. The van der Waals surface area contributed by atoms with Crippen LogP contribution in [0.25, 0.3) is 0 Å². The van der Waals surface area contributed by atoms with Crippen LogP contribution in [0.3, 0.4) is 0 Å². The first-order valence-corrected chi connectivity index (χ1v) is 12.7. The number of nitrogens with zero attached hydrogens (tertiary/aromatic N) is 2. The van der Waals surface area contributed by atoms with Crippen LogP contribution in [0.5, 0.6) is 11.5 Å². The summed E-state index contributed by atoms with van der Waals surface area (Å²) in [6, 6.07) is 4.00. The van der Waals surface area contributed by atoms with Gasteiger partial charge in [0, 0.05) is 11.8 Å². The summed E-state index contributed by atoms with van der Waals surface area (Å²) in [4.78, 5) is 56.5. The van der Waals surface area contributed by atoms with Gasteiger partial charge in [0.2, 0.25) is 5.91 Å². The first-order valence-electron chi connectivity index (χ1n) is 10.8. The van der Waals surface area contributed by atoms with Crippen molar-refractivity contribution in [2.75, 3.05) is 25.6 Å². The summed E-state index contributed by atoms with van der Waals surface area (Å²) >= 11 is 2.47. The highest BCUT2D eigenvalue weighted by atomic mass is 32.1. The number of amides is 4. The predicted octanol–water partition coefficient (Wildman–Crippen LogP) is 2.61. The molecule has 1 saturated heterocycles. The number of carbonyl (C=O) groups is 4. The van der Waals surface area contributed by atoms with Gasteiger partial charge >= 0.3 is 12.0 Å². The number of rotatable bonds is 7. The van der Waals surface area contributed by atoms with Crippen LogP contribution >= 0.6 is 22.7 Å². The highest BCUT2D eigenvalue weighted by Gasteiger charge is 2.45. The van der Waals surface area contributed by atoms with E-state index in [0.29, 0.717) is 30.3 Å². The molecule has 2 aliphatic rings. The summed E-state index contributed by atoms with van der Waals surface area (Å²) in [6.07, 6.45) is 0.109. The number of aromatic nitrogens is 1. The highest BCUT2D eigenvalue weighted by molar-refractivity contribution is 7.14. The number of thiophene rings is 1. The molecule has 1 fully saturated rings. The van der Waals surface area contributed by atoms with Crippen LogP contribution in [0, 0.1) is 0 Å². The Bertz CT molecular complexity index is 1320. The molecule has 1 aromatic carbocycles. The minimum absolute atomic E-state index is 0.0425. The quantitative estimate of drug-likeness (QED) is 0.353. The van der Waals surface area contributed by atoms with Crippen molar-refractivity contribution in [3.63, 3.8) is 0 Å². The smallest absolute Gasteiger partial charge is 0.357 e. The molecule has 0 spiro atoms. The number of urea groups is 1. The standard InChI is InChI=1S/C23H20N4O7S2/c1-32-21(30)14-11-36-22(24-14)26-19(28)15(8-12-4-7-35-10-12)27-20(29)18(25-23(27)31)13-2-3-16-17(9-13)34-6-5-33-16/h2-4,7,9-11,15,18H,5-6,8H2,1H3,(H,25,31)(H,24,26,28)/t15-,18+/m0/s1. The summed E-state index contributed by atoms with van der Waals surface area (Å²) in [7, 11) is 1.23. The fourth-order valence-electron chi connectivity index (χ4n) is 3.91. The third-order valence-corrected chi connectivity index (χ3v) is 7.11. The third kappa shape index (κ3) is 4.62. The lowest BCUT2D eigenvalue weighted by Gasteiger charge is -2.24. The van der Waals surface area contributed by atoms with Gasteiger partial charge in [-0.15, -0.1) is 11.3 Å². The van der Waals surface area contributed by atoms with Gasteiger partial charge in [-0.3, -0.25) is 9.59 Å². The summed E-state index contributed by atoms with van der Waals surface area (Å²) < 4.78 is 15.8. The fourth-order valence-corrected chi connectivity index (χ4v) is 5.27. The lowest BCUT2D eigenvalue weighted by Crippen LogP contribution is -2.49. The van der Waals surface area contributed by atoms with Crippen LogP contribution in [0.1, 0.15) is 27.7 Å². The van der Waals surface area contributed by atoms with Crippen molar-refractivity contribution in [3.05, 3.63) is 57.2 Å². The second-order valence-corrected chi connectivity index (χ2v) is 9.50. The maximum Gasteiger partial charge on any atom is 0.357 e. The van der Waals surface area contributed by atoms with Gasteiger partial charge in [0.15, 0.2) is 22.3 Å². The topological polar surface area (TPSA) is 136 Å². The number of ether oxygens (including phenoxy) is 3. The van der Waals surface area contributed by atoms with E-state index in [9.17, 15) is 19.2 Å². The molecule has 3 aromatic rings. The number of benzene rings is 1. The highest BCUT2D eigenvalue weighted by Crippen LogP contribution is 2.35. The zero-order chi connectivity index (χ0) is 25.2. The molecule has 5 rings (SSSR count). The normalized spacial score (nSPS) is 17.5. The number of hydrogen-bond donors (Lipinski definition) is 2. The molecule has 36 heavy (non-hydrogen) atoms. The molecule has 186 valence electrons. The van der Waals surface area contributed by atoms with E-state index in [1.54, 1.807) is 18.2 Å². The Morgan fingerprint density at radius 1 is 1.22 bits per heavy atom. The lowest BCUT2D eigenvalue weighted by atomic mass is 10.0. The zero-order valence-electron chi connectivity index (χ0n) is 18.9. The Labute approximate surface area is 213 Å². The number of esters is 1. The second-order valence-electron chi connectivity index (χ2n) is 7.86. The summed E-state index contributed by atoms with van der Waals surface area (Å²) in [5.41, 5.74) is 1.34. The maximum absolute atomic E-state index is 13.5. The molecule has 4 heterocycles. The average molecular weight is 529 g/mol. The summed E-state index contributed by atoms with van der Waals surface area (Å²) in [5, 5.41) is 10.6. The molecule has 2 aromatic heterocycles. The van der Waals surface area contributed by atoms with Crippen molar-refractivity contribution in [2.24, 2.45) is 0 Å². The van der Waals surface area contributed by atoms with E-state index >= 15 is 0 Å². The molecule has 13 heteroatoms. The largest absolute Gasteiger partial charge is 0.486 e. The first kappa shape index (κ1) is 23.8. The molecule has 2 aliphatic heterocycles. The number of nitrogens with one attached hydrogen (secondary N) is 2. The second kappa shape index (κ2) is 9.95. The van der Waals surface area contributed by atoms with Gasteiger partial charge in [-0.1, -0.05) is 6.07 Å². The maximum atomic E-state index is 13.5. The SMILES string of the molecule is COC(=O)c1csc(NC(=O)[C@H](Cc2ccsc2)N2C(=O)N[C@H](c3ccc4c(c3)OCCO4)C2=O)n1. The van der Waals surface area contributed by atoms with Crippen molar-refractivity contribution in [1.29, 1.82) is 0 Å². The number of hydrogen-bond acceptors (Lipinski definition) is 10. The van der Waals surface area contributed by atoms with E-state index in [1.165, 1.54) is 23.8 Å². The summed E-state index contributed by atoms with van der Waals surface area (Å²) in [5.74, 6) is -0.780. The molecule has 11 nitrogen and oxygen atoms in total. The number of carbonyl (C=O) groups excluding carboxylic acids is 4. The molecular weight excluding hydrogens is 508 g/mol. The van der Waals surface area contributed by atoms with Gasteiger partial charge in [-0.05, 0) is 40.1 Å². The number of anilines is 1. The Morgan fingerprint density at radius 2 is 2.03 bits per heavy atom. The molecule has 0 aliphatic carbocycles. The molecule has 4 amide bonds. The van der Waals surface area contributed by atoms with E-state index in [-0.39, 0.29) is 17.2 Å². The van der Waals surface area contributed by atoms with E-state index < -0.39 is 35.9 Å². The van der Waals surface area contributed by atoms with Crippen LogP contribution in [-0.4, -0.2) is 60.1 Å². The van der Waals surface area contributed by atoms with E-state index in [4.69, 9.17) is 9.47 Å². The van der Waals surface area contributed by atoms with Crippen LogP contribution in [0.4, 0.5) is 9.93 Å². The first-order chi connectivity index (χ1) is 17.4. The zero-order valence-corrected chi connectivity index (χ0v) is 20.5. The lowest BCUT2D eigenvalue weighted by molar-refractivity contribution is -0.134. The van der Waals surface area contributed by atoms with Crippen molar-refractivity contribution in [1.82, 2.24) is 15.2 Å². The van der Waals surface area contributed by atoms with Crippen LogP contribution in [-0.2, 0) is 20.7 Å². The molecule has 0 saturated carbocycles. The third-order valence-electron chi connectivity index (χ3n) is 5.62. The van der Waals surface area contributed by atoms with Gasteiger partial charge in [0.05, 0.1) is 7.11 Å². The number of methoxy groups -OCH3 is 1. The summed E-state index contributed by atoms with van der Waals surface area (Å²) in [6.45, 7) is 0.809. The van der Waals surface area contributed by atoms with Gasteiger partial charge in [-0.25, -0.2) is 19.5 Å². The van der Waals surface area contributed by atoms with Crippen molar-refractivity contribution < 1.29 is 33.4 Å². The van der Waals surface area contributed by atoms with Gasteiger partial charge in [0.1, 0.15) is 25.3 Å². The Kier molecular flexibility index (Phi) is 6.57. The van der Waals surface area contributed by atoms with Gasteiger partial charge in [0.25, 0.3) is 5.91 Å².